The first-order valence-corrected chi connectivity index (χ1v) is 3.76. The Kier molecular flexibility index (Phi) is 1.87. The van der Waals surface area contributed by atoms with Crippen LogP contribution >= 0.6 is 24.0 Å². The van der Waals surface area contributed by atoms with Crippen molar-refractivity contribution < 1.29 is 4.79 Å². The molecule has 1 heterocycles. The van der Waals surface area contributed by atoms with Crippen LogP contribution in [-0.2, 0) is 4.79 Å². The quantitative estimate of drug-likeness (QED) is 0.532. The predicted molar refractivity (Wildman–Crippen MR) is 42.1 cm³/mol. The molecule has 1 amide bonds. The van der Waals surface area contributed by atoms with Gasteiger partial charge in [0.25, 0.3) is 0 Å². The molecule has 0 saturated carbocycles. The highest BCUT2D eigenvalue weighted by molar-refractivity contribution is 8.24. The molecule has 0 spiro atoms. The van der Waals surface area contributed by atoms with Crippen molar-refractivity contribution in [2.75, 3.05) is 5.75 Å². The van der Waals surface area contributed by atoms with Gasteiger partial charge in [-0.05, 0) is 0 Å². The third kappa shape index (κ3) is 1.14. The zero-order valence-electron chi connectivity index (χ0n) is 4.66. The topological polar surface area (TPSA) is 20.3 Å². The molecule has 4 heteroatoms. The SMILES string of the molecule is C=CN1C(=O)CSC1=S. The van der Waals surface area contributed by atoms with Crippen LogP contribution in [0.2, 0.25) is 0 Å². The van der Waals surface area contributed by atoms with Gasteiger partial charge in [-0.25, -0.2) is 0 Å². The van der Waals surface area contributed by atoms with E-state index in [1.807, 2.05) is 0 Å². The smallest absolute Gasteiger partial charge is 0.242 e. The first-order chi connectivity index (χ1) is 4.25. The lowest BCUT2D eigenvalue weighted by molar-refractivity contribution is -0.122. The highest BCUT2D eigenvalue weighted by atomic mass is 32.2. The summed E-state index contributed by atoms with van der Waals surface area (Å²) in [6.45, 7) is 3.45. The molecular formula is C5H5NOS2. The number of thioether (sulfide) groups is 1. The monoisotopic (exact) mass is 159 g/mol. The Labute approximate surface area is 62.9 Å². The summed E-state index contributed by atoms with van der Waals surface area (Å²) in [5.41, 5.74) is 0. The molecular weight excluding hydrogens is 154 g/mol. The fourth-order valence-electron chi connectivity index (χ4n) is 0.541. The summed E-state index contributed by atoms with van der Waals surface area (Å²) in [5.74, 6) is 0.491. The Hall–Kier alpha value is -0.350. The lowest BCUT2D eigenvalue weighted by Gasteiger charge is -2.05. The zero-order valence-corrected chi connectivity index (χ0v) is 6.30. The van der Waals surface area contributed by atoms with Gasteiger partial charge in [0.05, 0.1) is 5.75 Å². The van der Waals surface area contributed by atoms with Gasteiger partial charge in [0.1, 0.15) is 4.32 Å². The number of amides is 1. The summed E-state index contributed by atoms with van der Waals surface area (Å²) < 4.78 is 0.606. The van der Waals surface area contributed by atoms with Crippen molar-refractivity contribution in [1.29, 1.82) is 0 Å². The summed E-state index contributed by atoms with van der Waals surface area (Å²) in [7, 11) is 0. The minimum Gasteiger partial charge on any atom is -0.273 e. The number of hydrogen-bond donors (Lipinski definition) is 0. The number of rotatable bonds is 1. The summed E-state index contributed by atoms with van der Waals surface area (Å²) in [6.07, 6.45) is 1.45. The van der Waals surface area contributed by atoms with Crippen LogP contribution in [0.25, 0.3) is 0 Å². The summed E-state index contributed by atoms with van der Waals surface area (Å²) in [5, 5.41) is 0. The zero-order chi connectivity index (χ0) is 6.85. The van der Waals surface area contributed by atoms with Gasteiger partial charge in [-0.3, -0.25) is 9.69 Å². The highest BCUT2D eigenvalue weighted by Gasteiger charge is 2.23. The molecule has 0 aromatic carbocycles. The van der Waals surface area contributed by atoms with Crippen LogP contribution in [-0.4, -0.2) is 20.9 Å². The fourth-order valence-corrected chi connectivity index (χ4v) is 1.60. The van der Waals surface area contributed by atoms with Crippen LogP contribution in [0, 0.1) is 0 Å². The van der Waals surface area contributed by atoms with Crippen molar-refractivity contribution in [3.63, 3.8) is 0 Å². The van der Waals surface area contributed by atoms with Gasteiger partial charge in [0, 0.05) is 6.20 Å². The summed E-state index contributed by atoms with van der Waals surface area (Å²) in [4.78, 5) is 12.2. The van der Waals surface area contributed by atoms with Crippen LogP contribution in [0.15, 0.2) is 12.8 Å². The van der Waals surface area contributed by atoms with Crippen molar-refractivity contribution >= 4 is 34.2 Å². The molecule has 0 unspecified atom stereocenters. The van der Waals surface area contributed by atoms with Crippen molar-refractivity contribution in [2.45, 2.75) is 0 Å². The van der Waals surface area contributed by atoms with Gasteiger partial charge in [-0.15, -0.1) is 0 Å². The minimum absolute atomic E-state index is 0.0278. The molecule has 0 radical (unpaired) electrons. The largest absolute Gasteiger partial charge is 0.273 e. The fraction of sp³-hybridized carbons (Fsp3) is 0.200. The first kappa shape index (κ1) is 6.77. The molecule has 1 rings (SSSR count). The Morgan fingerprint density at radius 2 is 2.56 bits per heavy atom. The van der Waals surface area contributed by atoms with E-state index in [9.17, 15) is 4.79 Å². The number of carbonyl (C=O) groups excluding carboxylic acids is 1. The molecule has 1 aliphatic heterocycles. The van der Waals surface area contributed by atoms with E-state index >= 15 is 0 Å². The van der Waals surface area contributed by atoms with E-state index in [0.29, 0.717) is 10.1 Å². The van der Waals surface area contributed by atoms with Crippen LogP contribution in [0.4, 0.5) is 0 Å². The maximum Gasteiger partial charge on any atom is 0.242 e. The van der Waals surface area contributed by atoms with E-state index in [1.54, 1.807) is 0 Å². The van der Waals surface area contributed by atoms with Crippen molar-refractivity contribution in [3.8, 4) is 0 Å². The van der Waals surface area contributed by atoms with E-state index < -0.39 is 0 Å². The maximum absolute atomic E-state index is 10.8. The molecule has 0 N–H and O–H groups in total. The van der Waals surface area contributed by atoms with Gasteiger partial charge in [0.2, 0.25) is 5.91 Å². The molecule has 1 saturated heterocycles. The van der Waals surface area contributed by atoms with Crippen LogP contribution < -0.4 is 0 Å². The second-order valence-corrected chi connectivity index (χ2v) is 3.11. The number of carbonyl (C=O) groups is 1. The number of nitrogens with zero attached hydrogens (tertiary/aromatic N) is 1. The Bertz CT molecular complexity index is 162. The molecule has 0 aliphatic carbocycles. The molecule has 0 aromatic heterocycles. The molecule has 2 nitrogen and oxygen atoms in total. The third-order valence-electron chi connectivity index (χ3n) is 0.967. The lowest BCUT2D eigenvalue weighted by atomic mass is 10.6. The second-order valence-electron chi connectivity index (χ2n) is 1.50. The Morgan fingerprint density at radius 1 is 1.89 bits per heavy atom. The van der Waals surface area contributed by atoms with Crippen LogP contribution in [0.5, 0.6) is 0 Å². The molecule has 9 heavy (non-hydrogen) atoms. The van der Waals surface area contributed by atoms with E-state index in [4.69, 9.17) is 12.2 Å². The summed E-state index contributed by atoms with van der Waals surface area (Å²) >= 11 is 6.19. The molecule has 0 bridgehead atoms. The third-order valence-corrected chi connectivity index (χ3v) is 2.35. The molecule has 0 atom stereocenters. The van der Waals surface area contributed by atoms with E-state index in [0.717, 1.165) is 0 Å². The van der Waals surface area contributed by atoms with Crippen molar-refractivity contribution in [2.24, 2.45) is 0 Å². The standard InChI is InChI=1S/C5H5NOS2/c1-2-6-4(7)3-9-5(6)8/h2H,1,3H2. The van der Waals surface area contributed by atoms with Gasteiger partial charge >= 0.3 is 0 Å². The maximum atomic E-state index is 10.8. The molecule has 1 aliphatic rings. The van der Waals surface area contributed by atoms with Gasteiger partial charge < -0.3 is 0 Å². The molecule has 0 aromatic rings. The Balaban J connectivity index is 2.77. The van der Waals surface area contributed by atoms with E-state index in [1.165, 1.54) is 22.9 Å². The second kappa shape index (κ2) is 2.49. The Morgan fingerprint density at radius 3 is 2.78 bits per heavy atom. The highest BCUT2D eigenvalue weighted by Crippen LogP contribution is 2.18. The predicted octanol–water partition coefficient (Wildman–Crippen LogP) is 0.990. The van der Waals surface area contributed by atoms with E-state index in [2.05, 4.69) is 6.58 Å². The van der Waals surface area contributed by atoms with Crippen molar-refractivity contribution in [3.05, 3.63) is 12.8 Å². The average Bonchev–Trinajstić information content (AvgIpc) is 2.12. The van der Waals surface area contributed by atoms with E-state index in [-0.39, 0.29) is 5.91 Å². The van der Waals surface area contributed by atoms with Gasteiger partial charge in [0.15, 0.2) is 0 Å². The minimum atomic E-state index is 0.0278. The average molecular weight is 159 g/mol. The lowest BCUT2D eigenvalue weighted by Crippen LogP contribution is -2.21. The van der Waals surface area contributed by atoms with Crippen molar-refractivity contribution in [1.82, 2.24) is 4.90 Å². The van der Waals surface area contributed by atoms with Crippen LogP contribution in [0.3, 0.4) is 0 Å². The van der Waals surface area contributed by atoms with Gasteiger partial charge in [-0.2, -0.15) is 0 Å². The number of thiocarbonyl (C=S) groups is 1. The molecule has 1 fully saturated rings. The normalized spacial score (nSPS) is 18.9. The number of hydrogen-bond acceptors (Lipinski definition) is 3. The van der Waals surface area contributed by atoms with Gasteiger partial charge in [-0.1, -0.05) is 30.6 Å². The first-order valence-electron chi connectivity index (χ1n) is 2.37. The molecule has 48 valence electrons. The van der Waals surface area contributed by atoms with Crippen LogP contribution in [0.1, 0.15) is 0 Å². The summed E-state index contributed by atoms with van der Waals surface area (Å²) in [6, 6.07) is 0.